The summed E-state index contributed by atoms with van der Waals surface area (Å²) in [5.74, 6) is 0.987. The maximum absolute atomic E-state index is 6.36. The van der Waals surface area contributed by atoms with E-state index in [-0.39, 0.29) is 0 Å². The first-order chi connectivity index (χ1) is 10.3. The normalized spacial score (nSPS) is 14.1. The minimum atomic E-state index is 0.626. The quantitative estimate of drug-likeness (QED) is 0.825. The molecule has 0 amide bonds. The van der Waals surface area contributed by atoms with Gasteiger partial charge in [-0.05, 0) is 23.8 Å². The van der Waals surface area contributed by atoms with Gasteiger partial charge in [0, 0.05) is 18.1 Å². The average Bonchev–Trinajstić information content (AvgIpc) is 3.01. The van der Waals surface area contributed by atoms with Crippen molar-refractivity contribution < 1.29 is 0 Å². The zero-order valence-corrected chi connectivity index (χ0v) is 13.5. The van der Waals surface area contributed by atoms with Crippen molar-refractivity contribution in [3.05, 3.63) is 58.3 Å². The van der Waals surface area contributed by atoms with Crippen molar-refractivity contribution in [3.8, 4) is 0 Å². The van der Waals surface area contributed by atoms with E-state index >= 15 is 0 Å². The summed E-state index contributed by atoms with van der Waals surface area (Å²) in [5, 5.41) is 2.21. The third-order valence-electron chi connectivity index (χ3n) is 3.07. The molecule has 0 aliphatic carbocycles. The highest BCUT2D eigenvalue weighted by Crippen LogP contribution is 2.36. The predicted molar refractivity (Wildman–Crippen MR) is 91.6 cm³/mol. The third kappa shape index (κ3) is 3.34. The number of para-hydroxylation sites is 1. The molecule has 108 valence electrons. The van der Waals surface area contributed by atoms with E-state index in [0.717, 1.165) is 28.7 Å². The summed E-state index contributed by atoms with van der Waals surface area (Å²) in [4.78, 5) is 10.8. The third-order valence-corrected chi connectivity index (χ3v) is 4.68. The van der Waals surface area contributed by atoms with Gasteiger partial charge in [0.15, 0.2) is 5.17 Å². The van der Waals surface area contributed by atoms with Crippen molar-refractivity contribution in [1.82, 2.24) is 4.98 Å². The number of anilines is 1. The van der Waals surface area contributed by atoms with Crippen LogP contribution in [0.3, 0.4) is 0 Å². The minimum absolute atomic E-state index is 0.626. The standard InChI is InChI=1S/C15H13Cl2N3S/c16-12-4-1-5-13(17)14(12)20(15-19-7-8-21-15)10-11-3-2-6-18-9-11/h1-6,9H,7-8,10H2. The SMILES string of the molecule is Clc1cccc(Cl)c1N(Cc1cccnc1)C1=NCCS1. The van der Waals surface area contributed by atoms with Crippen molar-refractivity contribution in [2.45, 2.75) is 6.54 Å². The molecule has 3 nitrogen and oxygen atoms in total. The molecule has 21 heavy (non-hydrogen) atoms. The average molecular weight is 338 g/mol. The second-order valence-electron chi connectivity index (χ2n) is 4.53. The lowest BCUT2D eigenvalue weighted by Crippen LogP contribution is -2.27. The first kappa shape index (κ1) is 14.7. The molecule has 0 N–H and O–H groups in total. The molecule has 1 aromatic carbocycles. The van der Waals surface area contributed by atoms with Crippen molar-refractivity contribution in [2.75, 3.05) is 17.2 Å². The first-order valence-electron chi connectivity index (χ1n) is 6.53. The molecule has 1 aromatic heterocycles. The van der Waals surface area contributed by atoms with E-state index in [1.165, 1.54) is 0 Å². The van der Waals surface area contributed by atoms with Crippen molar-refractivity contribution >= 4 is 45.8 Å². The number of benzene rings is 1. The number of nitrogens with zero attached hydrogens (tertiary/aromatic N) is 3. The van der Waals surface area contributed by atoms with Crippen LogP contribution in [0.25, 0.3) is 0 Å². The largest absolute Gasteiger partial charge is 0.314 e. The molecule has 0 radical (unpaired) electrons. The number of pyridine rings is 1. The van der Waals surface area contributed by atoms with E-state index in [2.05, 4.69) is 14.9 Å². The molecule has 1 aliphatic heterocycles. The summed E-state index contributed by atoms with van der Waals surface area (Å²) in [6.07, 6.45) is 3.61. The van der Waals surface area contributed by atoms with Gasteiger partial charge in [0.2, 0.25) is 0 Å². The van der Waals surface area contributed by atoms with Crippen LogP contribution in [-0.2, 0) is 6.54 Å². The van der Waals surface area contributed by atoms with Crippen LogP contribution in [0.4, 0.5) is 5.69 Å². The minimum Gasteiger partial charge on any atom is -0.314 e. The molecule has 3 rings (SSSR count). The number of hydrogen-bond acceptors (Lipinski definition) is 4. The van der Waals surface area contributed by atoms with E-state index in [1.807, 2.05) is 36.5 Å². The van der Waals surface area contributed by atoms with Crippen LogP contribution in [0, 0.1) is 0 Å². The van der Waals surface area contributed by atoms with Crippen molar-refractivity contribution in [2.24, 2.45) is 4.99 Å². The number of amidine groups is 1. The van der Waals surface area contributed by atoms with Gasteiger partial charge in [-0.25, -0.2) is 0 Å². The lowest BCUT2D eigenvalue weighted by atomic mass is 10.2. The van der Waals surface area contributed by atoms with E-state index in [4.69, 9.17) is 23.2 Å². The molecule has 0 fully saturated rings. The van der Waals surface area contributed by atoms with E-state index < -0.39 is 0 Å². The molecular weight excluding hydrogens is 325 g/mol. The van der Waals surface area contributed by atoms with Crippen LogP contribution < -0.4 is 4.90 Å². The van der Waals surface area contributed by atoms with Gasteiger partial charge < -0.3 is 4.90 Å². The molecule has 0 saturated heterocycles. The number of rotatable bonds is 3. The maximum atomic E-state index is 6.36. The van der Waals surface area contributed by atoms with Gasteiger partial charge in [0.05, 0.1) is 28.8 Å². The number of hydrogen-bond donors (Lipinski definition) is 0. The predicted octanol–water partition coefficient (Wildman–Crippen LogP) is 4.50. The fourth-order valence-electron chi connectivity index (χ4n) is 2.15. The fraction of sp³-hybridized carbons (Fsp3) is 0.200. The van der Waals surface area contributed by atoms with Crippen LogP contribution in [0.5, 0.6) is 0 Å². The molecule has 2 aromatic rings. The Labute approximate surface area is 138 Å². The van der Waals surface area contributed by atoms with Gasteiger partial charge in [0.25, 0.3) is 0 Å². The highest BCUT2D eigenvalue weighted by Gasteiger charge is 2.22. The van der Waals surface area contributed by atoms with E-state index in [1.54, 1.807) is 18.0 Å². The maximum Gasteiger partial charge on any atom is 0.164 e. The smallest absolute Gasteiger partial charge is 0.164 e. The Balaban J connectivity index is 2.00. The zero-order valence-electron chi connectivity index (χ0n) is 11.2. The molecule has 0 bridgehead atoms. The van der Waals surface area contributed by atoms with Gasteiger partial charge in [0.1, 0.15) is 0 Å². The van der Waals surface area contributed by atoms with Gasteiger partial charge in [-0.3, -0.25) is 9.98 Å². The van der Waals surface area contributed by atoms with Gasteiger partial charge in [-0.1, -0.05) is 47.1 Å². The van der Waals surface area contributed by atoms with Crippen LogP contribution in [0.2, 0.25) is 10.0 Å². The van der Waals surface area contributed by atoms with Gasteiger partial charge >= 0.3 is 0 Å². The first-order valence-corrected chi connectivity index (χ1v) is 8.27. The molecule has 0 unspecified atom stereocenters. The molecule has 2 heterocycles. The van der Waals surface area contributed by atoms with Crippen LogP contribution in [-0.4, -0.2) is 22.4 Å². The molecular formula is C15H13Cl2N3S. The molecule has 1 aliphatic rings. The number of aliphatic imine (C=N–C) groups is 1. The summed E-state index contributed by atoms with van der Waals surface area (Å²) in [7, 11) is 0. The Morgan fingerprint density at radius 1 is 1.14 bits per heavy atom. The molecule has 0 spiro atoms. The van der Waals surface area contributed by atoms with Crippen molar-refractivity contribution in [3.63, 3.8) is 0 Å². The Kier molecular flexibility index (Phi) is 4.68. The van der Waals surface area contributed by atoms with E-state index in [9.17, 15) is 0 Å². The summed E-state index contributed by atoms with van der Waals surface area (Å²) in [6, 6.07) is 9.49. The lowest BCUT2D eigenvalue weighted by Gasteiger charge is -2.26. The highest BCUT2D eigenvalue weighted by atomic mass is 35.5. The number of aromatic nitrogens is 1. The zero-order chi connectivity index (χ0) is 14.7. The summed E-state index contributed by atoms with van der Waals surface area (Å²) in [6.45, 7) is 1.47. The van der Waals surface area contributed by atoms with Crippen LogP contribution >= 0.6 is 35.0 Å². The monoisotopic (exact) mass is 337 g/mol. The Hall–Kier alpha value is -1.23. The van der Waals surface area contributed by atoms with Crippen LogP contribution in [0.1, 0.15) is 5.56 Å². The summed E-state index contributed by atoms with van der Waals surface area (Å²) >= 11 is 14.4. The Morgan fingerprint density at radius 3 is 2.57 bits per heavy atom. The number of halogens is 2. The summed E-state index contributed by atoms with van der Waals surface area (Å²) in [5.41, 5.74) is 1.89. The summed E-state index contributed by atoms with van der Waals surface area (Å²) < 4.78 is 0. The molecule has 0 saturated carbocycles. The topological polar surface area (TPSA) is 28.5 Å². The number of thioether (sulfide) groups is 1. The molecule has 0 atom stereocenters. The Bertz CT molecular complexity index is 641. The fourth-order valence-corrected chi connectivity index (χ4v) is 3.61. The highest BCUT2D eigenvalue weighted by molar-refractivity contribution is 8.14. The van der Waals surface area contributed by atoms with E-state index in [0.29, 0.717) is 16.6 Å². The van der Waals surface area contributed by atoms with Crippen molar-refractivity contribution in [1.29, 1.82) is 0 Å². The lowest BCUT2D eigenvalue weighted by molar-refractivity contribution is 0.994. The second kappa shape index (κ2) is 6.69. The second-order valence-corrected chi connectivity index (χ2v) is 6.41. The van der Waals surface area contributed by atoms with Crippen LogP contribution in [0.15, 0.2) is 47.7 Å². The Morgan fingerprint density at radius 2 is 1.95 bits per heavy atom. The molecule has 6 heteroatoms. The van der Waals surface area contributed by atoms with Gasteiger partial charge in [-0.15, -0.1) is 0 Å². The van der Waals surface area contributed by atoms with Gasteiger partial charge in [-0.2, -0.15) is 0 Å².